The van der Waals surface area contributed by atoms with Crippen LogP contribution in [0.25, 0.3) is 11.0 Å². The van der Waals surface area contributed by atoms with Crippen molar-refractivity contribution in [1.29, 1.82) is 0 Å². The number of sulfone groups is 1. The first-order valence-electron chi connectivity index (χ1n) is 8.21. The molecule has 2 aromatic heterocycles. The largest absolute Gasteiger partial charge is 0.329 e. The third-order valence-electron chi connectivity index (χ3n) is 4.25. The summed E-state index contributed by atoms with van der Waals surface area (Å²) in [6.07, 6.45) is 4.82. The van der Waals surface area contributed by atoms with Crippen molar-refractivity contribution in [2.75, 3.05) is 6.26 Å². The van der Waals surface area contributed by atoms with Crippen molar-refractivity contribution in [2.45, 2.75) is 18.2 Å². The van der Waals surface area contributed by atoms with Gasteiger partial charge in [0.2, 0.25) is 15.0 Å². The average Bonchev–Trinajstić information content (AvgIpc) is 3.21. The Morgan fingerprint density at radius 1 is 0.962 bits per heavy atom. The minimum absolute atomic E-state index is 0.0629. The van der Waals surface area contributed by atoms with Crippen molar-refractivity contribution in [1.82, 2.24) is 19.1 Å². The lowest BCUT2D eigenvalue weighted by molar-refractivity contribution is 0.573. The van der Waals surface area contributed by atoms with Gasteiger partial charge in [0.1, 0.15) is 5.82 Å². The van der Waals surface area contributed by atoms with Gasteiger partial charge in [0.05, 0.1) is 17.6 Å². The Kier molecular flexibility index (Phi) is 4.08. The molecule has 0 amide bonds. The van der Waals surface area contributed by atoms with Crippen molar-refractivity contribution in [3.63, 3.8) is 0 Å². The van der Waals surface area contributed by atoms with Crippen LogP contribution in [-0.4, -0.2) is 33.8 Å². The second-order valence-corrected chi connectivity index (χ2v) is 8.11. The molecular formula is C19H18N4O2S. The fourth-order valence-electron chi connectivity index (χ4n) is 3.05. The van der Waals surface area contributed by atoms with Gasteiger partial charge >= 0.3 is 0 Å². The molecule has 4 aromatic rings. The Hall–Kier alpha value is -2.93. The fourth-order valence-corrected chi connectivity index (χ4v) is 3.87. The Morgan fingerprint density at radius 3 is 2.46 bits per heavy atom. The normalized spacial score (nSPS) is 11.9. The molecule has 26 heavy (non-hydrogen) atoms. The molecule has 0 bridgehead atoms. The van der Waals surface area contributed by atoms with Gasteiger partial charge in [-0.3, -0.25) is 0 Å². The van der Waals surface area contributed by atoms with Crippen LogP contribution in [0.3, 0.4) is 0 Å². The summed E-state index contributed by atoms with van der Waals surface area (Å²) in [4.78, 5) is 8.75. The maximum atomic E-state index is 12.2. The Morgan fingerprint density at radius 2 is 1.69 bits per heavy atom. The summed E-state index contributed by atoms with van der Waals surface area (Å²) >= 11 is 0. The Balaban J connectivity index is 1.76. The summed E-state index contributed by atoms with van der Waals surface area (Å²) in [5.41, 5.74) is 2.60. The number of hydrogen-bond donors (Lipinski definition) is 0. The molecule has 0 unspecified atom stereocenters. The Bertz CT molecular complexity index is 1160. The highest BCUT2D eigenvalue weighted by atomic mass is 32.2. The van der Waals surface area contributed by atoms with Crippen LogP contribution in [0.5, 0.6) is 0 Å². The molecule has 0 saturated carbocycles. The second-order valence-electron chi connectivity index (χ2n) is 6.20. The van der Waals surface area contributed by atoms with Crippen LogP contribution in [-0.2, 0) is 22.9 Å². The number of rotatable bonds is 5. The van der Waals surface area contributed by atoms with Gasteiger partial charge in [0, 0.05) is 25.2 Å². The third kappa shape index (κ3) is 3.13. The van der Waals surface area contributed by atoms with Gasteiger partial charge in [0.25, 0.3) is 0 Å². The highest BCUT2D eigenvalue weighted by Gasteiger charge is 2.20. The summed E-state index contributed by atoms with van der Waals surface area (Å²) < 4.78 is 28.2. The van der Waals surface area contributed by atoms with Gasteiger partial charge < -0.3 is 9.13 Å². The first kappa shape index (κ1) is 16.5. The van der Waals surface area contributed by atoms with Crippen LogP contribution < -0.4 is 0 Å². The maximum Gasteiger partial charge on any atom is 0.228 e. The van der Waals surface area contributed by atoms with Crippen LogP contribution in [0.15, 0.2) is 72.1 Å². The summed E-state index contributed by atoms with van der Waals surface area (Å²) in [5, 5.41) is 0.0629. The van der Waals surface area contributed by atoms with Crippen molar-refractivity contribution >= 4 is 20.9 Å². The van der Waals surface area contributed by atoms with Gasteiger partial charge in [-0.05, 0) is 17.7 Å². The van der Waals surface area contributed by atoms with Gasteiger partial charge in [-0.2, -0.15) is 0 Å². The third-order valence-corrected chi connectivity index (χ3v) is 5.22. The molecule has 7 heteroatoms. The first-order chi connectivity index (χ1) is 12.5. The monoisotopic (exact) mass is 366 g/mol. The predicted octanol–water partition coefficient (Wildman–Crippen LogP) is 2.73. The quantitative estimate of drug-likeness (QED) is 0.545. The van der Waals surface area contributed by atoms with E-state index in [-0.39, 0.29) is 5.16 Å². The standard InChI is InChI=1S/C19H18N4O2S/c1-26(24,25)19-21-16-9-5-6-10-17(16)23(19)14-18-20-11-12-22(18)13-15-7-3-2-4-8-15/h2-12H,13-14H2,1H3. The minimum Gasteiger partial charge on any atom is -0.329 e. The molecular weight excluding hydrogens is 348 g/mol. The van der Waals surface area contributed by atoms with E-state index in [9.17, 15) is 8.42 Å². The smallest absolute Gasteiger partial charge is 0.228 e. The lowest BCUT2D eigenvalue weighted by Crippen LogP contribution is -2.14. The molecule has 0 aliphatic carbocycles. The van der Waals surface area contributed by atoms with Gasteiger partial charge in [-0.15, -0.1) is 0 Å². The van der Waals surface area contributed by atoms with E-state index in [1.54, 1.807) is 10.8 Å². The van der Waals surface area contributed by atoms with E-state index < -0.39 is 9.84 Å². The lowest BCUT2D eigenvalue weighted by Gasteiger charge is -2.11. The van der Waals surface area contributed by atoms with Crippen molar-refractivity contribution in [3.05, 3.63) is 78.4 Å². The molecule has 0 spiro atoms. The molecule has 6 nitrogen and oxygen atoms in total. The minimum atomic E-state index is -3.46. The number of fused-ring (bicyclic) bond motifs is 1. The number of imidazole rings is 2. The molecule has 2 heterocycles. The van der Waals surface area contributed by atoms with Crippen LogP contribution in [0.2, 0.25) is 0 Å². The molecule has 0 N–H and O–H groups in total. The van der Waals surface area contributed by atoms with Gasteiger partial charge in [0.15, 0.2) is 0 Å². The highest BCUT2D eigenvalue weighted by Crippen LogP contribution is 2.21. The molecule has 4 rings (SSSR count). The van der Waals surface area contributed by atoms with Crippen molar-refractivity contribution in [2.24, 2.45) is 0 Å². The average molecular weight is 366 g/mol. The van der Waals surface area contributed by atoms with E-state index in [1.807, 2.05) is 53.2 Å². The molecule has 0 fully saturated rings. The van der Waals surface area contributed by atoms with Crippen molar-refractivity contribution in [3.8, 4) is 0 Å². The molecule has 2 aromatic carbocycles. The van der Waals surface area contributed by atoms with Crippen LogP contribution >= 0.6 is 0 Å². The van der Waals surface area contributed by atoms with Crippen LogP contribution in [0, 0.1) is 0 Å². The Labute approximate surface area is 151 Å². The van der Waals surface area contributed by atoms with Crippen molar-refractivity contribution < 1.29 is 8.42 Å². The second kappa shape index (κ2) is 6.42. The van der Waals surface area contributed by atoms with E-state index in [1.165, 1.54) is 6.26 Å². The first-order valence-corrected chi connectivity index (χ1v) is 10.1. The van der Waals surface area contributed by atoms with E-state index in [2.05, 4.69) is 22.1 Å². The van der Waals surface area contributed by atoms with Crippen LogP contribution in [0.1, 0.15) is 11.4 Å². The predicted molar refractivity (Wildman–Crippen MR) is 99.7 cm³/mol. The summed E-state index contributed by atoms with van der Waals surface area (Å²) in [6.45, 7) is 1.01. The SMILES string of the molecule is CS(=O)(=O)c1nc2ccccc2n1Cc1nccn1Cc1ccccc1. The molecule has 0 aliphatic rings. The zero-order chi connectivity index (χ0) is 18.1. The van der Waals surface area contributed by atoms with Crippen LogP contribution in [0.4, 0.5) is 0 Å². The summed E-state index contributed by atoms with van der Waals surface area (Å²) in [7, 11) is -3.46. The fraction of sp³-hybridized carbons (Fsp3) is 0.158. The molecule has 0 radical (unpaired) electrons. The molecule has 0 atom stereocenters. The number of benzene rings is 2. The molecule has 132 valence electrons. The maximum absolute atomic E-state index is 12.2. The van der Waals surface area contributed by atoms with E-state index >= 15 is 0 Å². The zero-order valence-corrected chi connectivity index (χ0v) is 15.1. The van der Waals surface area contributed by atoms with E-state index in [0.717, 1.165) is 16.9 Å². The molecule has 0 saturated heterocycles. The van der Waals surface area contributed by atoms with Gasteiger partial charge in [-0.1, -0.05) is 42.5 Å². The van der Waals surface area contributed by atoms with Gasteiger partial charge in [-0.25, -0.2) is 18.4 Å². The number of aromatic nitrogens is 4. The van der Waals surface area contributed by atoms with E-state index in [0.29, 0.717) is 18.6 Å². The zero-order valence-electron chi connectivity index (χ0n) is 14.3. The highest BCUT2D eigenvalue weighted by molar-refractivity contribution is 7.90. The topological polar surface area (TPSA) is 69.8 Å². The number of para-hydroxylation sites is 2. The lowest BCUT2D eigenvalue weighted by atomic mass is 10.2. The number of hydrogen-bond acceptors (Lipinski definition) is 4. The summed E-state index contributed by atoms with van der Waals surface area (Å²) in [6, 6.07) is 17.5. The summed E-state index contributed by atoms with van der Waals surface area (Å²) in [5.74, 6) is 0.780. The molecule has 0 aliphatic heterocycles. The number of nitrogens with zero attached hydrogens (tertiary/aromatic N) is 4. The van der Waals surface area contributed by atoms with E-state index in [4.69, 9.17) is 0 Å².